The number of nitrogens with one attached hydrogen (secondary N) is 1. The Kier molecular flexibility index (Phi) is 9.16. The van der Waals surface area contributed by atoms with Crippen LogP contribution in [0.1, 0.15) is 71.1 Å². The number of hydrogen-bond donors (Lipinski definition) is 1. The number of hydrogen-bond acceptors (Lipinski definition) is 3. The smallest absolute Gasteiger partial charge is 0.193 e. The van der Waals surface area contributed by atoms with Gasteiger partial charge in [0, 0.05) is 26.2 Å². The molecule has 1 aliphatic carbocycles. The number of halogens is 1. The molecule has 7 heteroatoms. The summed E-state index contributed by atoms with van der Waals surface area (Å²) in [5.74, 6) is 1.90. The monoisotopic (exact) mass is 511 g/mol. The molecule has 0 aromatic carbocycles. The molecule has 0 aromatic heterocycles. The highest BCUT2D eigenvalue weighted by Crippen LogP contribution is 2.42. The van der Waals surface area contributed by atoms with Crippen LogP contribution in [0.5, 0.6) is 0 Å². The van der Waals surface area contributed by atoms with Crippen LogP contribution in [0.25, 0.3) is 0 Å². The third kappa shape index (κ3) is 6.75. The molecule has 3 aliphatic rings. The van der Waals surface area contributed by atoms with Crippen molar-refractivity contribution in [3.05, 3.63) is 0 Å². The molecule has 1 unspecified atom stereocenters. The summed E-state index contributed by atoms with van der Waals surface area (Å²) in [6, 6.07) is 0. The molecule has 3 fully saturated rings. The lowest BCUT2D eigenvalue weighted by Gasteiger charge is -2.44. The van der Waals surface area contributed by atoms with Crippen LogP contribution in [0.2, 0.25) is 0 Å². The maximum atomic E-state index is 11.7. The first kappa shape index (κ1) is 23.2. The van der Waals surface area contributed by atoms with Crippen molar-refractivity contribution in [3.8, 4) is 0 Å². The normalized spacial score (nSPS) is 27.8. The van der Waals surface area contributed by atoms with Crippen molar-refractivity contribution in [3.63, 3.8) is 0 Å². The second-order valence-corrected chi connectivity index (χ2v) is 11.0. The Balaban J connectivity index is 0.00000261. The number of sulfone groups is 1. The van der Waals surface area contributed by atoms with E-state index in [1.54, 1.807) is 0 Å². The summed E-state index contributed by atoms with van der Waals surface area (Å²) in [5, 5.41) is 3.55. The van der Waals surface area contributed by atoms with E-state index < -0.39 is 9.84 Å². The zero-order chi connectivity index (χ0) is 18.5. The second-order valence-electron chi connectivity index (χ2n) is 8.80. The van der Waals surface area contributed by atoms with Crippen molar-refractivity contribution >= 4 is 39.8 Å². The first-order chi connectivity index (χ1) is 12.5. The van der Waals surface area contributed by atoms with Gasteiger partial charge in [0.15, 0.2) is 15.8 Å². The van der Waals surface area contributed by atoms with E-state index in [2.05, 4.69) is 17.1 Å². The van der Waals surface area contributed by atoms with Crippen molar-refractivity contribution in [2.45, 2.75) is 71.1 Å². The van der Waals surface area contributed by atoms with E-state index in [0.717, 1.165) is 38.4 Å². The molecule has 2 heterocycles. The van der Waals surface area contributed by atoms with Gasteiger partial charge < -0.3 is 10.2 Å². The third-order valence-corrected chi connectivity index (χ3v) is 8.32. The van der Waals surface area contributed by atoms with E-state index in [-0.39, 0.29) is 29.9 Å². The van der Waals surface area contributed by atoms with E-state index in [1.807, 2.05) is 0 Å². The lowest BCUT2D eigenvalue weighted by molar-refractivity contribution is 0.115. The average Bonchev–Trinajstić information content (AvgIpc) is 2.82. The standard InChI is InChI=1S/C20H37N3O2S.HI/c1-2-12-21-19(22-15-18-8-14-26(24,25)16-18)23-13-7-11-20(17-23)9-5-3-4-6-10-20;/h18H,2-17H2,1H3,(H,21,22);1H. The van der Waals surface area contributed by atoms with E-state index in [9.17, 15) is 8.42 Å². The minimum Gasteiger partial charge on any atom is -0.356 e. The SMILES string of the molecule is CCCNC(=NCC1CCS(=O)(=O)C1)N1CCCC2(CCCCCC2)C1.I. The molecule has 5 nitrogen and oxygen atoms in total. The highest BCUT2D eigenvalue weighted by Gasteiger charge is 2.36. The molecule has 1 atom stereocenters. The van der Waals surface area contributed by atoms with E-state index in [0.29, 0.717) is 23.5 Å². The quantitative estimate of drug-likeness (QED) is 0.354. The molecule has 2 aliphatic heterocycles. The number of rotatable bonds is 4. The Morgan fingerprint density at radius 2 is 1.85 bits per heavy atom. The highest BCUT2D eigenvalue weighted by atomic mass is 127. The molecular weight excluding hydrogens is 473 g/mol. The van der Waals surface area contributed by atoms with Gasteiger partial charge in [-0.05, 0) is 49.9 Å². The van der Waals surface area contributed by atoms with Gasteiger partial charge in [-0.2, -0.15) is 0 Å². The third-order valence-electron chi connectivity index (χ3n) is 6.48. The zero-order valence-corrected chi connectivity index (χ0v) is 20.1. The Labute approximate surface area is 183 Å². The van der Waals surface area contributed by atoms with Crippen molar-refractivity contribution in [1.82, 2.24) is 10.2 Å². The molecule has 1 N–H and O–H groups in total. The predicted molar refractivity (Wildman–Crippen MR) is 124 cm³/mol. The number of guanidine groups is 1. The van der Waals surface area contributed by atoms with Crippen LogP contribution in [0.4, 0.5) is 0 Å². The van der Waals surface area contributed by atoms with Gasteiger partial charge in [-0.3, -0.25) is 4.99 Å². The van der Waals surface area contributed by atoms with Gasteiger partial charge in [-0.1, -0.05) is 32.6 Å². The topological polar surface area (TPSA) is 61.8 Å². The maximum absolute atomic E-state index is 11.7. The molecule has 0 bridgehead atoms. The Morgan fingerprint density at radius 3 is 2.48 bits per heavy atom. The zero-order valence-electron chi connectivity index (χ0n) is 16.9. The molecule has 1 saturated carbocycles. The summed E-state index contributed by atoms with van der Waals surface area (Å²) in [5.41, 5.74) is 0.486. The summed E-state index contributed by atoms with van der Waals surface area (Å²) in [6.45, 7) is 5.98. The first-order valence-electron chi connectivity index (χ1n) is 10.8. The van der Waals surface area contributed by atoms with Gasteiger partial charge in [0.2, 0.25) is 0 Å². The minimum absolute atomic E-state index is 0. The van der Waals surface area contributed by atoms with Crippen LogP contribution in [0, 0.1) is 11.3 Å². The lowest BCUT2D eigenvalue weighted by atomic mass is 9.74. The van der Waals surface area contributed by atoms with Gasteiger partial charge in [0.1, 0.15) is 0 Å². The summed E-state index contributed by atoms with van der Waals surface area (Å²) in [4.78, 5) is 7.38. The number of aliphatic imine (C=N–C) groups is 1. The first-order valence-corrected chi connectivity index (χ1v) is 12.6. The second kappa shape index (κ2) is 10.6. The Hall–Kier alpha value is -0.0500. The molecular formula is C20H38IN3O2S. The van der Waals surface area contributed by atoms with E-state index in [1.165, 1.54) is 51.4 Å². The van der Waals surface area contributed by atoms with Crippen LogP contribution in [-0.2, 0) is 9.84 Å². The van der Waals surface area contributed by atoms with Gasteiger partial charge in [0.05, 0.1) is 11.5 Å². The predicted octanol–water partition coefficient (Wildman–Crippen LogP) is 3.83. The fourth-order valence-electron chi connectivity index (χ4n) is 5.01. The van der Waals surface area contributed by atoms with Crippen molar-refractivity contribution in [2.75, 3.05) is 37.7 Å². The molecule has 27 heavy (non-hydrogen) atoms. The minimum atomic E-state index is -2.81. The molecule has 2 saturated heterocycles. The fraction of sp³-hybridized carbons (Fsp3) is 0.950. The van der Waals surface area contributed by atoms with Crippen molar-refractivity contribution < 1.29 is 8.42 Å². The van der Waals surface area contributed by atoms with Crippen LogP contribution < -0.4 is 5.32 Å². The van der Waals surface area contributed by atoms with Gasteiger partial charge in [0.25, 0.3) is 0 Å². The van der Waals surface area contributed by atoms with Crippen LogP contribution in [-0.4, -0.2) is 57.0 Å². The van der Waals surface area contributed by atoms with E-state index in [4.69, 9.17) is 4.99 Å². The van der Waals surface area contributed by atoms with Crippen molar-refractivity contribution in [2.24, 2.45) is 16.3 Å². The molecule has 0 aromatic rings. The molecule has 0 amide bonds. The number of likely N-dealkylation sites (tertiary alicyclic amines) is 1. The number of piperidine rings is 1. The fourth-order valence-corrected chi connectivity index (χ4v) is 6.86. The van der Waals surface area contributed by atoms with Crippen LogP contribution >= 0.6 is 24.0 Å². The van der Waals surface area contributed by atoms with Crippen LogP contribution in [0.15, 0.2) is 4.99 Å². The Bertz CT molecular complexity index is 586. The summed E-state index contributed by atoms with van der Waals surface area (Å²) < 4.78 is 23.4. The van der Waals surface area contributed by atoms with Gasteiger partial charge in [-0.15, -0.1) is 24.0 Å². The molecule has 3 rings (SSSR count). The molecule has 158 valence electrons. The largest absolute Gasteiger partial charge is 0.356 e. The molecule has 1 spiro atoms. The lowest BCUT2D eigenvalue weighted by Crippen LogP contribution is -2.51. The van der Waals surface area contributed by atoms with Crippen molar-refractivity contribution in [1.29, 1.82) is 0 Å². The maximum Gasteiger partial charge on any atom is 0.193 e. The number of nitrogens with zero attached hydrogens (tertiary/aromatic N) is 2. The summed E-state index contributed by atoms with van der Waals surface area (Å²) in [6.07, 6.45) is 12.8. The van der Waals surface area contributed by atoms with E-state index >= 15 is 0 Å². The summed E-state index contributed by atoms with van der Waals surface area (Å²) in [7, 11) is -2.81. The van der Waals surface area contributed by atoms with Gasteiger partial charge in [-0.25, -0.2) is 8.42 Å². The molecule has 0 radical (unpaired) electrons. The Morgan fingerprint density at radius 1 is 1.15 bits per heavy atom. The summed E-state index contributed by atoms with van der Waals surface area (Å²) >= 11 is 0. The van der Waals surface area contributed by atoms with Crippen LogP contribution in [0.3, 0.4) is 0 Å². The average molecular weight is 512 g/mol. The highest BCUT2D eigenvalue weighted by molar-refractivity contribution is 14.0. The van der Waals surface area contributed by atoms with Gasteiger partial charge >= 0.3 is 0 Å².